The Kier molecular flexibility index (Phi) is 62.6. The van der Waals surface area contributed by atoms with E-state index in [1.54, 1.807) is 0 Å². The quantitative estimate of drug-likeness (QED) is 0.0318. The van der Waals surface area contributed by atoms with Gasteiger partial charge in [-0.1, -0.05) is 388 Å². The fourth-order valence-electron chi connectivity index (χ4n) is 14.4. The lowest BCUT2D eigenvalue weighted by Crippen LogP contribution is -2.08. The molecule has 0 fully saturated rings. The van der Waals surface area contributed by atoms with Crippen molar-refractivity contribution < 1.29 is 37.9 Å². The first-order valence-corrected chi connectivity index (χ1v) is 46.5. The second-order valence-electron chi connectivity index (χ2n) is 31.8. The topological polar surface area (TPSA) is 98.6 Å². The van der Waals surface area contributed by atoms with Crippen LogP contribution in [0.3, 0.4) is 0 Å². The Balaban J connectivity index is 1.44. The van der Waals surface area contributed by atoms with Crippen LogP contribution in [0.1, 0.15) is 438 Å². The normalized spacial score (nSPS) is 11.5. The van der Waals surface area contributed by atoms with Gasteiger partial charge in [-0.2, -0.15) is 10.2 Å². The maximum Gasteiger partial charge on any atom is 0.203 e. The second kappa shape index (κ2) is 71.0. The van der Waals surface area contributed by atoms with Crippen LogP contribution in [0.5, 0.6) is 46.0 Å². The van der Waals surface area contributed by atoms with E-state index in [4.69, 9.17) is 37.9 Å². The molecule has 0 radical (unpaired) electrons. The first kappa shape index (κ1) is 95.3. The Morgan fingerprint density at radius 2 is 0.352 bits per heavy atom. The molecule has 4 aromatic carbocycles. The van der Waals surface area contributed by atoms with Gasteiger partial charge in [0.05, 0.1) is 51.0 Å². The summed E-state index contributed by atoms with van der Waals surface area (Å²) in [6.07, 6.45) is 77.2. The average molecular weight is 1500 g/mol. The molecule has 4 rings (SSSR count). The molecule has 616 valence electrons. The molecular weight excluding hydrogens is 1330 g/mol. The molecule has 0 saturated heterocycles. The molecule has 0 aromatic heterocycles. The molecule has 0 N–H and O–H groups in total. The molecule has 0 spiro atoms. The third-order valence-corrected chi connectivity index (χ3v) is 21.4. The van der Waals surface area contributed by atoms with Crippen LogP contribution in [0, 0.1) is 0 Å². The maximum absolute atomic E-state index is 6.73. The third kappa shape index (κ3) is 51.4. The lowest BCUT2D eigenvalue weighted by molar-refractivity contribution is 0.232. The van der Waals surface area contributed by atoms with Crippen molar-refractivity contribution in [1.29, 1.82) is 0 Å². The minimum absolute atomic E-state index is 0.360. The fourth-order valence-corrected chi connectivity index (χ4v) is 14.4. The number of azo groups is 1. The Morgan fingerprint density at radius 3 is 0.537 bits per heavy atom. The van der Waals surface area contributed by atoms with Crippen LogP contribution in [0.15, 0.2) is 83.0 Å². The van der Waals surface area contributed by atoms with Crippen molar-refractivity contribution in [2.45, 2.75) is 440 Å². The van der Waals surface area contributed by atoms with Gasteiger partial charge in [-0.3, -0.25) is 0 Å². The summed E-state index contributed by atoms with van der Waals surface area (Å²) in [6.45, 7) is 18.4. The summed E-state index contributed by atoms with van der Waals surface area (Å²) in [4.78, 5) is 0. The zero-order valence-corrected chi connectivity index (χ0v) is 71.2. The van der Waals surface area contributed by atoms with E-state index in [-0.39, 0.29) is 0 Å². The van der Waals surface area contributed by atoms with Gasteiger partial charge in [0.15, 0.2) is 23.0 Å². The SMILES string of the molecule is CCCCCCCCCCCCOc1cc(COc2ccc(N=Nc3ccc(OCc4cc(OCCCCCCCCCCCC)c(OCCCCCCCCCCCC)c(OCCCCCCCCCCCC)c4)cc3)cc2)cc(OCCCCCCCCCCCC)c1OCCCCCCCCCCCC. The van der Waals surface area contributed by atoms with Crippen molar-refractivity contribution in [3.05, 3.63) is 83.9 Å². The number of unbranched alkanes of at least 4 members (excludes halogenated alkanes) is 54. The summed E-state index contributed by atoms with van der Waals surface area (Å²) in [6, 6.07) is 24.2. The van der Waals surface area contributed by atoms with E-state index in [1.165, 1.54) is 347 Å². The van der Waals surface area contributed by atoms with Crippen LogP contribution in [0.4, 0.5) is 11.4 Å². The predicted octanol–water partition coefficient (Wildman–Crippen LogP) is 33.1. The Hall–Kier alpha value is -5.12. The lowest BCUT2D eigenvalue weighted by atomic mass is 10.1. The van der Waals surface area contributed by atoms with Gasteiger partial charge in [0.1, 0.15) is 24.7 Å². The van der Waals surface area contributed by atoms with Gasteiger partial charge in [-0.05, 0) is 122 Å². The molecule has 0 heterocycles. The van der Waals surface area contributed by atoms with E-state index in [9.17, 15) is 0 Å². The standard InChI is InChI=1S/C98H166N2O8/c1-7-13-19-25-31-37-43-49-55-61-75-101-93-81-87(82-94(102-76-62-56-50-44-38-32-26-20-14-8-2)97(93)105-79-65-59-53-47-41-35-29-23-17-11-5)85-107-91-71-67-89(68-72-91)99-100-90-69-73-92(74-70-90)108-86-88-83-95(103-77-63-57-51-45-39-33-27-21-15-9-3)98(106-80-66-60-54-48-42-36-30-24-18-12-6)96(84-88)104-78-64-58-52-46-40-34-28-22-16-10-4/h67-74,81-84H,7-66,75-80,85-86H2,1-6H3. The first-order chi connectivity index (χ1) is 53.5. The number of benzene rings is 4. The molecule has 10 heteroatoms. The molecule has 108 heavy (non-hydrogen) atoms. The molecule has 0 aliphatic carbocycles. The van der Waals surface area contributed by atoms with E-state index >= 15 is 0 Å². The smallest absolute Gasteiger partial charge is 0.203 e. The van der Waals surface area contributed by atoms with Crippen molar-refractivity contribution in [3.63, 3.8) is 0 Å². The summed E-state index contributed by atoms with van der Waals surface area (Å²) in [5, 5.41) is 9.28. The number of hydrogen-bond donors (Lipinski definition) is 0. The highest BCUT2D eigenvalue weighted by atomic mass is 16.6. The Morgan fingerprint density at radius 1 is 0.185 bits per heavy atom. The largest absolute Gasteiger partial charge is 0.490 e. The molecule has 10 nitrogen and oxygen atoms in total. The van der Waals surface area contributed by atoms with Crippen molar-refractivity contribution >= 4 is 11.4 Å². The minimum atomic E-state index is 0.360. The van der Waals surface area contributed by atoms with Crippen molar-refractivity contribution in [2.24, 2.45) is 10.2 Å². The predicted molar refractivity (Wildman–Crippen MR) is 463 cm³/mol. The molecule has 0 bridgehead atoms. The first-order valence-electron chi connectivity index (χ1n) is 46.5. The Labute approximate surface area is 665 Å². The summed E-state index contributed by atoms with van der Waals surface area (Å²) >= 11 is 0. The van der Waals surface area contributed by atoms with Gasteiger partial charge in [-0.15, -0.1) is 0 Å². The molecular formula is C98H166N2O8. The van der Waals surface area contributed by atoms with E-state index in [2.05, 4.69) is 76.0 Å². The number of ether oxygens (including phenoxy) is 8. The maximum atomic E-state index is 6.73. The van der Waals surface area contributed by atoms with Crippen LogP contribution in [0.2, 0.25) is 0 Å². The Bertz CT molecular complexity index is 2370. The zero-order valence-electron chi connectivity index (χ0n) is 71.2. The zero-order chi connectivity index (χ0) is 76.6. The number of rotatable bonds is 80. The number of nitrogens with zero attached hydrogens (tertiary/aromatic N) is 2. The molecule has 0 aliphatic heterocycles. The van der Waals surface area contributed by atoms with Crippen molar-refractivity contribution in [1.82, 2.24) is 0 Å². The van der Waals surface area contributed by atoms with Crippen molar-refractivity contribution in [2.75, 3.05) is 39.6 Å². The van der Waals surface area contributed by atoms with Gasteiger partial charge >= 0.3 is 0 Å². The highest BCUT2D eigenvalue weighted by Gasteiger charge is 2.20. The fraction of sp³-hybridized carbons (Fsp3) is 0.755. The summed E-state index contributed by atoms with van der Waals surface area (Å²) in [7, 11) is 0. The van der Waals surface area contributed by atoms with Gasteiger partial charge in [0, 0.05) is 0 Å². The van der Waals surface area contributed by atoms with Crippen LogP contribution in [-0.4, -0.2) is 39.6 Å². The molecule has 0 amide bonds. The van der Waals surface area contributed by atoms with Crippen LogP contribution in [0.25, 0.3) is 0 Å². The van der Waals surface area contributed by atoms with E-state index in [0.29, 0.717) is 52.9 Å². The summed E-state index contributed by atoms with van der Waals surface area (Å²) in [5.74, 6) is 6.06. The lowest BCUT2D eigenvalue weighted by Gasteiger charge is -2.19. The van der Waals surface area contributed by atoms with Crippen molar-refractivity contribution in [3.8, 4) is 46.0 Å². The van der Waals surface area contributed by atoms with E-state index in [0.717, 1.165) is 107 Å². The minimum Gasteiger partial charge on any atom is -0.490 e. The van der Waals surface area contributed by atoms with Gasteiger partial charge in [0.25, 0.3) is 0 Å². The third-order valence-electron chi connectivity index (χ3n) is 21.4. The second-order valence-corrected chi connectivity index (χ2v) is 31.8. The van der Waals surface area contributed by atoms with E-state index < -0.39 is 0 Å². The molecule has 4 aromatic rings. The molecule has 0 atom stereocenters. The van der Waals surface area contributed by atoms with Crippen LogP contribution in [-0.2, 0) is 13.2 Å². The monoisotopic (exact) mass is 1500 g/mol. The summed E-state index contributed by atoms with van der Waals surface area (Å²) in [5.41, 5.74) is 3.47. The van der Waals surface area contributed by atoms with E-state index in [1.807, 2.05) is 48.5 Å². The molecule has 0 aliphatic rings. The van der Waals surface area contributed by atoms with Gasteiger partial charge in [-0.25, -0.2) is 0 Å². The number of hydrogen-bond acceptors (Lipinski definition) is 10. The van der Waals surface area contributed by atoms with Gasteiger partial charge in [0.2, 0.25) is 11.5 Å². The highest BCUT2D eigenvalue weighted by Crippen LogP contribution is 2.42. The highest BCUT2D eigenvalue weighted by molar-refractivity contribution is 5.55. The van der Waals surface area contributed by atoms with Crippen LogP contribution >= 0.6 is 0 Å². The average Bonchev–Trinajstić information content (AvgIpc) is 0.829. The molecule has 0 unspecified atom stereocenters. The van der Waals surface area contributed by atoms with Crippen LogP contribution < -0.4 is 37.9 Å². The van der Waals surface area contributed by atoms with Gasteiger partial charge < -0.3 is 37.9 Å². The summed E-state index contributed by atoms with van der Waals surface area (Å²) < 4.78 is 53.4. The molecule has 0 saturated carbocycles.